The van der Waals surface area contributed by atoms with Gasteiger partial charge in [-0.2, -0.15) is 5.10 Å². The van der Waals surface area contributed by atoms with Crippen LogP contribution < -0.4 is 5.32 Å². The first-order chi connectivity index (χ1) is 10.0. The molecule has 0 saturated carbocycles. The van der Waals surface area contributed by atoms with Gasteiger partial charge in [-0.05, 0) is 39.0 Å². The monoisotopic (exact) mass is 291 g/mol. The van der Waals surface area contributed by atoms with E-state index in [1.165, 1.54) is 0 Å². The van der Waals surface area contributed by atoms with Gasteiger partial charge in [0, 0.05) is 19.3 Å². The van der Waals surface area contributed by atoms with Gasteiger partial charge >= 0.3 is 0 Å². The van der Waals surface area contributed by atoms with Crippen LogP contribution in [0.2, 0.25) is 0 Å². The minimum Gasteiger partial charge on any atom is -0.453 e. The summed E-state index contributed by atoms with van der Waals surface area (Å²) in [6, 6.07) is 5.48. The third-order valence-corrected chi connectivity index (χ3v) is 3.19. The standard InChI is InChI=1S/C15H21N3O3/c1-10-7-11(2)18(17-10)12(3)8-16-15(19)14-6-5-13(21-14)9-20-4/h5-7,12H,8-9H2,1-4H3,(H,16,19)/t12-/m1/s1. The summed E-state index contributed by atoms with van der Waals surface area (Å²) >= 11 is 0. The molecule has 1 N–H and O–H groups in total. The van der Waals surface area contributed by atoms with Crippen LogP contribution in [0.4, 0.5) is 0 Å². The fraction of sp³-hybridized carbons (Fsp3) is 0.467. The van der Waals surface area contributed by atoms with Crippen molar-refractivity contribution < 1.29 is 13.9 Å². The lowest BCUT2D eigenvalue weighted by atomic mass is 10.3. The largest absolute Gasteiger partial charge is 0.453 e. The zero-order chi connectivity index (χ0) is 15.4. The predicted molar refractivity (Wildman–Crippen MR) is 78.2 cm³/mol. The Labute approximate surface area is 124 Å². The maximum absolute atomic E-state index is 12.0. The number of nitrogens with zero attached hydrogens (tertiary/aromatic N) is 2. The lowest BCUT2D eigenvalue weighted by Crippen LogP contribution is -2.30. The van der Waals surface area contributed by atoms with Gasteiger partial charge in [0.15, 0.2) is 5.76 Å². The first-order valence-corrected chi connectivity index (χ1v) is 6.90. The van der Waals surface area contributed by atoms with Crippen LogP contribution in [0.5, 0.6) is 0 Å². The number of aromatic nitrogens is 2. The average Bonchev–Trinajstić information content (AvgIpc) is 3.03. The number of methoxy groups -OCH3 is 1. The van der Waals surface area contributed by atoms with E-state index in [1.807, 2.05) is 31.5 Å². The normalized spacial score (nSPS) is 12.4. The molecule has 2 aromatic heterocycles. The number of ether oxygens (including phenoxy) is 1. The molecule has 1 atom stereocenters. The molecule has 2 aromatic rings. The van der Waals surface area contributed by atoms with E-state index in [4.69, 9.17) is 9.15 Å². The fourth-order valence-electron chi connectivity index (χ4n) is 2.23. The molecule has 0 aliphatic rings. The van der Waals surface area contributed by atoms with Crippen LogP contribution in [-0.4, -0.2) is 29.3 Å². The molecule has 2 rings (SSSR count). The molecule has 0 saturated heterocycles. The Morgan fingerprint density at radius 1 is 1.48 bits per heavy atom. The maximum atomic E-state index is 12.0. The van der Waals surface area contributed by atoms with Gasteiger partial charge in [-0.15, -0.1) is 0 Å². The first-order valence-electron chi connectivity index (χ1n) is 6.90. The molecular formula is C15H21N3O3. The molecule has 0 spiro atoms. The Kier molecular flexibility index (Phi) is 4.80. The van der Waals surface area contributed by atoms with Crippen molar-refractivity contribution in [1.82, 2.24) is 15.1 Å². The quantitative estimate of drug-likeness (QED) is 0.886. The van der Waals surface area contributed by atoms with Crippen LogP contribution in [0.1, 0.15) is 40.7 Å². The number of hydrogen-bond donors (Lipinski definition) is 1. The summed E-state index contributed by atoms with van der Waals surface area (Å²) in [7, 11) is 1.58. The van der Waals surface area contributed by atoms with Crippen molar-refractivity contribution in [3.05, 3.63) is 41.1 Å². The van der Waals surface area contributed by atoms with Gasteiger partial charge in [0.2, 0.25) is 0 Å². The summed E-state index contributed by atoms with van der Waals surface area (Å²) < 4.78 is 12.3. The number of amides is 1. The number of furan rings is 1. The van der Waals surface area contributed by atoms with E-state index in [0.717, 1.165) is 11.4 Å². The summed E-state index contributed by atoms with van der Waals surface area (Å²) in [4.78, 5) is 12.0. The molecule has 0 aliphatic carbocycles. The second kappa shape index (κ2) is 6.58. The number of aryl methyl sites for hydroxylation is 2. The second-order valence-electron chi connectivity index (χ2n) is 5.13. The molecule has 6 heteroatoms. The number of rotatable bonds is 6. The third kappa shape index (κ3) is 3.72. The third-order valence-electron chi connectivity index (χ3n) is 3.19. The van der Waals surface area contributed by atoms with Crippen LogP contribution in [0, 0.1) is 13.8 Å². The van der Waals surface area contributed by atoms with Crippen molar-refractivity contribution in [3.63, 3.8) is 0 Å². The summed E-state index contributed by atoms with van der Waals surface area (Å²) in [5, 5.41) is 7.27. The lowest BCUT2D eigenvalue weighted by molar-refractivity contribution is 0.0911. The van der Waals surface area contributed by atoms with Gasteiger partial charge in [0.05, 0.1) is 11.7 Å². The fourth-order valence-corrected chi connectivity index (χ4v) is 2.23. The van der Waals surface area contributed by atoms with E-state index >= 15 is 0 Å². The topological polar surface area (TPSA) is 69.3 Å². The van der Waals surface area contributed by atoms with Crippen molar-refractivity contribution in [2.45, 2.75) is 33.4 Å². The number of carbonyl (C=O) groups excluding carboxylic acids is 1. The Bertz CT molecular complexity index is 615. The van der Waals surface area contributed by atoms with Crippen molar-refractivity contribution in [3.8, 4) is 0 Å². The average molecular weight is 291 g/mol. The lowest BCUT2D eigenvalue weighted by Gasteiger charge is -2.14. The number of hydrogen-bond acceptors (Lipinski definition) is 4. The molecule has 21 heavy (non-hydrogen) atoms. The molecule has 1 amide bonds. The van der Waals surface area contributed by atoms with Gasteiger partial charge in [0.1, 0.15) is 12.4 Å². The van der Waals surface area contributed by atoms with Gasteiger partial charge in [-0.3, -0.25) is 9.48 Å². The molecule has 0 bridgehead atoms. The highest BCUT2D eigenvalue weighted by Crippen LogP contribution is 2.11. The highest BCUT2D eigenvalue weighted by Gasteiger charge is 2.14. The van der Waals surface area contributed by atoms with Gasteiger partial charge in [-0.25, -0.2) is 0 Å². The van der Waals surface area contributed by atoms with Crippen LogP contribution in [-0.2, 0) is 11.3 Å². The SMILES string of the molecule is COCc1ccc(C(=O)NC[C@@H](C)n2nc(C)cc2C)o1. The number of carbonyl (C=O) groups is 1. The highest BCUT2D eigenvalue weighted by atomic mass is 16.5. The Hall–Kier alpha value is -2.08. The van der Waals surface area contributed by atoms with Crippen molar-refractivity contribution >= 4 is 5.91 Å². The van der Waals surface area contributed by atoms with Crippen molar-refractivity contribution in [2.75, 3.05) is 13.7 Å². The van der Waals surface area contributed by atoms with E-state index in [2.05, 4.69) is 10.4 Å². The van der Waals surface area contributed by atoms with E-state index in [-0.39, 0.29) is 11.9 Å². The zero-order valence-corrected chi connectivity index (χ0v) is 12.8. The molecule has 114 valence electrons. The van der Waals surface area contributed by atoms with Crippen LogP contribution in [0.3, 0.4) is 0 Å². The minimum absolute atomic E-state index is 0.0797. The zero-order valence-electron chi connectivity index (χ0n) is 12.8. The summed E-state index contributed by atoms with van der Waals surface area (Å²) in [5.74, 6) is 0.697. The van der Waals surface area contributed by atoms with E-state index in [1.54, 1.807) is 19.2 Å². The molecule has 0 unspecified atom stereocenters. The molecule has 0 aromatic carbocycles. The molecular weight excluding hydrogens is 270 g/mol. The molecule has 0 radical (unpaired) electrons. The predicted octanol–water partition coefficient (Wildman–Crippen LogP) is 2.23. The van der Waals surface area contributed by atoms with Crippen LogP contribution in [0.25, 0.3) is 0 Å². The highest BCUT2D eigenvalue weighted by molar-refractivity contribution is 5.91. The van der Waals surface area contributed by atoms with E-state index in [0.29, 0.717) is 24.7 Å². The maximum Gasteiger partial charge on any atom is 0.287 e. The van der Waals surface area contributed by atoms with Crippen LogP contribution in [0.15, 0.2) is 22.6 Å². The van der Waals surface area contributed by atoms with E-state index < -0.39 is 0 Å². The van der Waals surface area contributed by atoms with E-state index in [9.17, 15) is 4.79 Å². The Morgan fingerprint density at radius 2 is 2.24 bits per heavy atom. The minimum atomic E-state index is -0.231. The second-order valence-corrected chi connectivity index (χ2v) is 5.13. The summed E-state index contributed by atoms with van der Waals surface area (Å²) in [5.41, 5.74) is 2.05. The summed E-state index contributed by atoms with van der Waals surface area (Å²) in [6.45, 7) is 6.81. The molecule has 0 aliphatic heterocycles. The Balaban J connectivity index is 1.92. The van der Waals surface area contributed by atoms with Gasteiger partial charge in [0.25, 0.3) is 5.91 Å². The molecule has 2 heterocycles. The van der Waals surface area contributed by atoms with Gasteiger partial charge < -0.3 is 14.5 Å². The molecule has 6 nitrogen and oxygen atoms in total. The van der Waals surface area contributed by atoms with Crippen LogP contribution >= 0.6 is 0 Å². The Morgan fingerprint density at radius 3 is 2.86 bits per heavy atom. The van der Waals surface area contributed by atoms with Crippen molar-refractivity contribution in [1.29, 1.82) is 0 Å². The first kappa shape index (κ1) is 15.3. The van der Waals surface area contributed by atoms with Crippen molar-refractivity contribution in [2.24, 2.45) is 0 Å². The number of nitrogens with one attached hydrogen (secondary N) is 1. The molecule has 0 fully saturated rings. The summed E-state index contributed by atoms with van der Waals surface area (Å²) in [6.07, 6.45) is 0. The van der Waals surface area contributed by atoms with Gasteiger partial charge in [-0.1, -0.05) is 0 Å². The smallest absolute Gasteiger partial charge is 0.287 e.